The number of nitrogens with zero attached hydrogens (tertiary/aromatic N) is 1. The molecule has 3 nitrogen and oxygen atoms in total. The Morgan fingerprint density at radius 1 is 1.22 bits per heavy atom. The van der Waals surface area contributed by atoms with E-state index in [1.165, 1.54) is 11.6 Å². The van der Waals surface area contributed by atoms with E-state index in [0.717, 1.165) is 36.9 Å². The van der Waals surface area contributed by atoms with Crippen molar-refractivity contribution in [2.45, 2.75) is 32.6 Å². The molecule has 2 aliphatic rings. The number of aromatic nitrogens is 1. The lowest BCUT2D eigenvalue weighted by molar-refractivity contribution is 0.0987. The zero-order valence-electron chi connectivity index (χ0n) is 10.0. The zero-order chi connectivity index (χ0) is 12.9. The number of fused-ring (bicyclic) bond motifs is 2. The van der Waals surface area contributed by atoms with E-state index in [1.54, 1.807) is 0 Å². The van der Waals surface area contributed by atoms with Gasteiger partial charge in [0.15, 0.2) is 0 Å². The Kier molecular flexibility index (Phi) is 2.70. The van der Waals surface area contributed by atoms with Crippen molar-refractivity contribution in [1.29, 1.82) is 0 Å². The van der Waals surface area contributed by atoms with Crippen LogP contribution in [-0.2, 0) is 12.8 Å². The molecule has 0 unspecified atom stereocenters. The lowest BCUT2D eigenvalue weighted by Gasteiger charge is -2.22. The molecule has 0 radical (unpaired) electrons. The molecule has 0 aromatic carbocycles. The van der Waals surface area contributed by atoms with Crippen LogP contribution in [0.5, 0.6) is 0 Å². The third-order valence-electron chi connectivity index (χ3n) is 3.69. The minimum Gasteiger partial charge on any atom is -0.288 e. The second-order valence-corrected chi connectivity index (χ2v) is 5.63. The maximum Gasteiger partial charge on any atom is 0.206 e. The molecule has 0 spiro atoms. The summed E-state index contributed by atoms with van der Waals surface area (Å²) >= 11 is 3.16. The van der Waals surface area contributed by atoms with Gasteiger partial charge in [0.2, 0.25) is 11.6 Å². The molecule has 0 fully saturated rings. The number of carbonyl (C=O) groups excluding carboxylic acids is 2. The van der Waals surface area contributed by atoms with E-state index < -0.39 is 0 Å². The van der Waals surface area contributed by atoms with Crippen LogP contribution < -0.4 is 0 Å². The van der Waals surface area contributed by atoms with E-state index in [0.29, 0.717) is 15.7 Å². The maximum absolute atomic E-state index is 12.2. The molecule has 0 amide bonds. The Hall–Kier alpha value is -1.29. The molecule has 1 aromatic rings. The zero-order valence-corrected chi connectivity index (χ0v) is 11.6. The number of ketones is 2. The van der Waals surface area contributed by atoms with Crippen LogP contribution in [0.15, 0.2) is 10.6 Å². The SMILES string of the molecule is Cc1c2c(nc3c1C(=O)C(Br)=CC3=O)CCCC2. The quantitative estimate of drug-likeness (QED) is 0.740. The summed E-state index contributed by atoms with van der Waals surface area (Å²) in [5.74, 6) is -0.295. The van der Waals surface area contributed by atoms with Gasteiger partial charge in [0, 0.05) is 11.8 Å². The van der Waals surface area contributed by atoms with Crippen molar-refractivity contribution in [1.82, 2.24) is 4.98 Å². The maximum atomic E-state index is 12.2. The number of pyridine rings is 1. The average molecular weight is 306 g/mol. The first-order chi connectivity index (χ1) is 8.59. The third-order valence-corrected chi connectivity index (χ3v) is 4.27. The first kappa shape index (κ1) is 11.8. The third kappa shape index (κ3) is 1.59. The van der Waals surface area contributed by atoms with Gasteiger partial charge in [-0.05, 0) is 59.7 Å². The predicted octanol–water partition coefficient (Wildman–Crippen LogP) is 2.93. The monoisotopic (exact) mass is 305 g/mol. The highest BCUT2D eigenvalue weighted by atomic mass is 79.9. The van der Waals surface area contributed by atoms with Crippen LogP contribution in [-0.4, -0.2) is 16.6 Å². The molecule has 2 aliphatic carbocycles. The molecular formula is C14H12BrNO2. The topological polar surface area (TPSA) is 47.0 Å². The van der Waals surface area contributed by atoms with Crippen LogP contribution in [0.4, 0.5) is 0 Å². The lowest BCUT2D eigenvalue weighted by Crippen LogP contribution is -2.22. The smallest absolute Gasteiger partial charge is 0.206 e. The van der Waals surface area contributed by atoms with Gasteiger partial charge in [-0.2, -0.15) is 0 Å². The number of hydrogen-bond acceptors (Lipinski definition) is 3. The van der Waals surface area contributed by atoms with Crippen molar-refractivity contribution in [2.24, 2.45) is 0 Å². The van der Waals surface area contributed by atoms with Crippen molar-refractivity contribution in [2.75, 3.05) is 0 Å². The molecule has 0 aliphatic heterocycles. The number of rotatable bonds is 0. The standard InChI is InChI=1S/C14H12BrNO2/c1-7-8-4-2-3-5-10(8)16-13-11(17)6-9(15)14(18)12(7)13/h6H,2-5H2,1H3. The van der Waals surface area contributed by atoms with Crippen LogP contribution in [0, 0.1) is 6.92 Å². The highest BCUT2D eigenvalue weighted by Gasteiger charge is 2.30. The fourth-order valence-corrected chi connectivity index (χ4v) is 3.17. The van der Waals surface area contributed by atoms with Crippen LogP contribution in [0.3, 0.4) is 0 Å². The fraction of sp³-hybridized carbons (Fsp3) is 0.357. The molecule has 0 saturated heterocycles. The van der Waals surface area contributed by atoms with Crippen LogP contribution in [0.2, 0.25) is 0 Å². The summed E-state index contributed by atoms with van der Waals surface area (Å²) in [6.45, 7) is 1.93. The van der Waals surface area contributed by atoms with Gasteiger partial charge < -0.3 is 0 Å². The van der Waals surface area contributed by atoms with E-state index in [2.05, 4.69) is 20.9 Å². The normalized spacial score (nSPS) is 18.2. The molecule has 92 valence electrons. The Morgan fingerprint density at radius 3 is 2.72 bits per heavy atom. The van der Waals surface area contributed by atoms with E-state index in [4.69, 9.17) is 0 Å². The number of carbonyl (C=O) groups is 2. The number of allylic oxidation sites excluding steroid dienone is 2. The molecule has 3 rings (SSSR count). The molecule has 0 N–H and O–H groups in total. The van der Waals surface area contributed by atoms with Crippen molar-refractivity contribution in [3.63, 3.8) is 0 Å². The number of aryl methyl sites for hydroxylation is 1. The summed E-state index contributed by atoms with van der Waals surface area (Å²) in [5, 5.41) is 0. The molecule has 0 atom stereocenters. The largest absolute Gasteiger partial charge is 0.288 e. The van der Waals surface area contributed by atoms with Crippen LogP contribution in [0.25, 0.3) is 0 Å². The predicted molar refractivity (Wildman–Crippen MR) is 71.3 cm³/mol. The summed E-state index contributed by atoms with van der Waals surface area (Å²) in [6, 6.07) is 0. The van der Waals surface area contributed by atoms with Gasteiger partial charge in [-0.15, -0.1) is 0 Å². The Morgan fingerprint density at radius 2 is 1.94 bits per heavy atom. The molecule has 1 heterocycles. The van der Waals surface area contributed by atoms with Gasteiger partial charge in [-0.25, -0.2) is 4.98 Å². The van der Waals surface area contributed by atoms with Gasteiger partial charge in [0.05, 0.1) is 10.0 Å². The highest BCUT2D eigenvalue weighted by Crippen LogP contribution is 2.32. The van der Waals surface area contributed by atoms with Gasteiger partial charge >= 0.3 is 0 Å². The van der Waals surface area contributed by atoms with Gasteiger partial charge in [0.1, 0.15) is 5.69 Å². The lowest BCUT2D eigenvalue weighted by atomic mass is 9.86. The molecule has 0 bridgehead atoms. The second kappa shape index (κ2) is 4.12. The van der Waals surface area contributed by atoms with Crippen molar-refractivity contribution >= 4 is 27.5 Å². The highest BCUT2D eigenvalue weighted by molar-refractivity contribution is 9.12. The Labute approximate surface area is 113 Å². The van der Waals surface area contributed by atoms with Gasteiger partial charge in [0.25, 0.3) is 0 Å². The van der Waals surface area contributed by atoms with E-state index in [9.17, 15) is 9.59 Å². The van der Waals surface area contributed by atoms with Crippen LogP contribution >= 0.6 is 15.9 Å². The molecule has 1 aromatic heterocycles. The molecule has 0 saturated carbocycles. The average Bonchev–Trinajstić information content (AvgIpc) is 2.36. The Bertz CT molecular complexity index is 617. The first-order valence-electron chi connectivity index (χ1n) is 6.08. The number of hydrogen-bond donors (Lipinski definition) is 0. The number of Topliss-reactive ketones (excluding diaryl/α,β-unsaturated/α-hetero) is 1. The minimum atomic E-state index is -0.173. The van der Waals surface area contributed by atoms with E-state index >= 15 is 0 Å². The van der Waals surface area contributed by atoms with Crippen molar-refractivity contribution in [3.05, 3.63) is 38.6 Å². The Balaban J connectivity index is 2.30. The van der Waals surface area contributed by atoms with E-state index in [-0.39, 0.29) is 11.6 Å². The van der Waals surface area contributed by atoms with Crippen molar-refractivity contribution in [3.8, 4) is 0 Å². The summed E-state index contributed by atoms with van der Waals surface area (Å²) < 4.78 is 0.334. The summed E-state index contributed by atoms with van der Waals surface area (Å²) in [5.41, 5.74) is 3.95. The summed E-state index contributed by atoms with van der Waals surface area (Å²) in [7, 11) is 0. The summed E-state index contributed by atoms with van der Waals surface area (Å²) in [6.07, 6.45) is 5.44. The molecular weight excluding hydrogens is 294 g/mol. The molecule has 18 heavy (non-hydrogen) atoms. The first-order valence-corrected chi connectivity index (χ1v) is 6.87. The van der Waals surface area contributed by atoms with Crippen molar-refractivity contribution < 1.29 is 9.59 Å². The van der Waals surface area contributed by atoms with Gasteiger partial charge in [-0.1, -0.05) is 0 Å². The minimum absolute atomic E-state index is 0.122. The van der Waals surface area contributed by atoms with E-state index in [1.807, 2.05) is 6.92 Å². The fourth-order valence-electron chi connectivity index (χ4n) is 2.76. The summed E-state index contributed by atoms with van der Waals surface area (Å²) in [4.78, 5) is 28.6. The number of halogens is 1. The van der Waals surface area contributed by atoms with Gasteiger partial charge in [-0.3, -0.25) is 9.59 Å². The molecule has 4 heteroatoms. The second-order valence-electron chi connectivity index (χ2n) is 4.78. The van der Waals surface area contributed by atoms with Crippen LogP contribution in [0.1, 0.15) is 50.5 Å².